The fourth-order valence-electron chi connectivity index (χ4n) is 5.44. The van der Waals surface area contributed by atoms with Crippen molar-refractivity contribution in [3.8, 4) is 0 Å². The monoisotopic (exact) mass is 584 g/mol. The molecule has 0 saturated carbocycles. The lowest BCUT2D eigenvalue weighted by Crippen LogP contribution is -2.66. The fourth-order valence-corrected chi connectivity index (χ4v) is 6.42. The zero-order valence-corrected chi connectivity index (χ0v) is 24.5. The summed E-state index contributed by atoms with van der Waals surface area (Å²) in [5.74, 6) is -0.124. The first-order valence-electron chi connectivity index (χ1n) is 13.8. The molecule has 2 aliphatic rings. The Kier molecular flexibility index (Phi) is 12.7. The molecule has 0 bridgehead atoms. The third-order valence-electron chi connectivity index (χ3n) is 7.79. The average molecular weight is 585 g/mol. The number of thioether (sulfide) groups is 1. The van der Waals surface area contributed by atoms with Crippen LogP contribution in [0, 0.1) is 5.92 Å². The zero-order valence-electron chi connectivity index (χ0n) is 23.6. The van der Waals surface area contributed by atoms with Crippen molar-refractivity contribution in [1.29, 1.82) is 0 Å². The van der Waals surface area contributed by atoms with Crippen LogP contribution in [0.15, 0.2) is 24.3 Å². The molecule has 2 heterocycles. The minimum absolute atomic E-state index is 0.0132. The van der Waals surface area contributed by atoms with Crippen LogP contribution in [-0.2, 0) is 25.6 Å². The molecular weight excluding hydrogens is 540 g/mol. The molecule has 0 radical (unpaired) electrons. The fraction of sp³-hybridized carbons (Fsp3) is 0.714. The highest BCUT2D eigenvalue weighted by atomic mass is 32.2. The Labute approximate surface area is 240 Å². The summed E-state index contributed by atoms with van der Waals surface area (Å²) >= 11 is 1.12. The van der Waals surface area contributed by atoms with E-state index in [0.29, 0.717) is 11.5 Å². The number of amides is 1. The molecule has 5 N–H and O–H groups in total. The average Bonchev–Trinajstić information content (AvgIpc) is 3.33. The Morgan fingerprint density at radius 1 is 1.20 bits per heavy atom. The van der Waals surface area contributed by atoms with Crippen molar-refractivity contribution in [2.45, 2.75) is 87.8 Å². The van der Waals surface area contributed by atoms with E-state index in [1.54, 1.807) is 31.2 Å². The summed E-state index contributed by atoms with van der Waals surface area (Å²) in [7, 11) is 3.40. The van der Waals surface area contributed by atoms with Crippen LogP contribution in [0.4, 0.5) is 0 Å². The summed E-state index contributed by atoms with van der Waals surface area (Å²) in [6, 6.07) is 5.46. The first kappa shape index (κ1) is 32.7. The largest absolute Gasteiger partial charge is 0.461 e. The van der Waals surface area contributed by atoms with Crippen LogP contribution in [-0.4, -0.2) is 118 Å². The van der Waals surface area contributed by atoms with Crippen LogP contribution in [0.2, 0.25) is 0 Å². The van der Waals surface area contributed by atoms with E-state index in [9.17, 15) is 30.0 Å². The second kappa shape index (κ2) is 15.5. The van der Waals surface area contributed by atoms with E-state index in [0.717, 1.165) is 37.6 Å². The van der Waals surface area contributed by atoms with Crippen molar-refractivity contribution >= 4 is 23.6 Å². The van der Waals surface area contributed by atoms with Crippen molar-refractivity contribution in [3.63, 3.8) is 0 Å². The van der Waals surface area contributed by atoms with Crippen LogP contribution in [0.5, 0.6) is 0 Å². The predicted molar refractivity (Wildman–Crippen MR) is 150 cm³/mol. The van der Waals surface area contributed by atoms with Gasteiger partial charge in [0.05, 0.1) is 30.4 Å². The smallest absolute Gasteiger partial charge is 0.338 e. The molecular formula is C28H44N2O9S. The van der Waals surface area contributed by atoms with E-state index in [1.165, 1.54) is 7.11 Å². The number of benzene rings is 1. The summed E-state index contributed by atoms with van der Waals surface area (Å²) < 4.78 is 16.9. The Bertz CT molecular complexity index is 969. The normalized spacial score (nSPS) is 30.6. The third kappa shape index (κ3) is 7.95. The van der Waals surface area contributed by atoms with Gasteiger partial charge in [-0.05, 0) is 44.4 Å². The summed E-state index contributed by atoms with van der Waals surface area (Å²) in [5.41, 5.74) is -0.238. The van der Waals surface area contributed by atoms with Gasteiger partial charge in [-0.25, -0.2) is 4.79 Å². The molecule has 9 atom stereocenters. The van der Waals surface area contributed by atoms with E-state index in [2.05, 4.69) is 12.2 Å². The molecule has 1 aromatic rings. The number of rotatable bonds is 13. The number of carbonyl (C=O) groups is 2. The van der Waals surface area contributed by atoms with Gasteiger partial charge in [-0.2, -0.15) is 0 Å². The molecule has 1 aromatic carbocycles. The minimum atomic E-state index is -1.53. The maximum atomic E-state index is 13.3. The predicted octanol–water partition coefficient (Wildman–Crippen LogP) is 0.517. The van der Waals surface area contributed by atoms with Crippen LogP contribution < -0.4 is 5.32 Å². The molecule has 2 fully saturated rings. The van der Waals surface area contributed by atoms with Gasteiger partial charge in [0.15, 0.2) is 0 Å². The van der Waals surface area contributed by atoms with Gasteiger partial charge in [-0.1, -0.05) is 31.5 Å². The highest BCUT2D eigenvalue weighted by Gasteiger charge is 2.49. The van der Waals surface area contributed by atoms with Crippen LogP contribution in [0.25, 0.3) is 0 Å². The quantitative estimate of drug-likeness (QED) is 0.163. The summed E-state index contributed by atoms with van der Waals surface area (Å²) in [6.07, 6.45) is -3.21. The SMILES string of the molecule is CCC[C@@H]1C[C@@H](C(=O)N[C@@H]([C@H]2O[C@H](SCCOC(=O)c3ccccc3CO)[C@H](O)[C@@H](O)[C@H]2O)[C@@H](C)OC)N(C)C1. The summed E-state index contributed by atoms with van der Waals surface area (Å²) in [4.78, 5) is 27.8. The number of aliphatic hydroxyl groups excluding tert-OH is 4. The molecule has 11 nitrogen and oxygen atoms in total. The van der Waals surface area contributed by atoms with Gasteiger partial charge in [-0.15, -0.1) is 11.8 Å². The van der Waals surface area contributed by atoms with E-state index < -0.39 is 48.0 Å². The Hall–Kier alpha value is -1.77. The van der Waals surface area contributed by atoms with E-state index >= 15 is 0 Å². The van der Waals surface area contributed by atoms with Gasteiger partial charge in [0.2, 0.25) is 5.91 Å². The molecule has 0 aliphatic carbocycles. The van der Waals surface area contributed by atoms with Gasteiger partial charge in [0.1, 0.15) is 36.5 Å². The first-order chi connectivity index (χ1) is 19.1. The van der Waals surface area contributed by atoms with E-state index in [4.69, 9.17) is 14.2 Å². The van der Waals surface area contributed by atoms with Crippen LogP contribution >= 0.6 is 11.8 Å². The summed E-state index contributed by atoms with van der Waals surface area (Å²) in [5, 5.41) is 44.5. The van der Waals surface area contributed by atoms with Crippen molar-refractivity contribution in [2.24, 2.45) is 5.92 Å². The highest BCUT2D eigenvalue weighted by Crippen LogP contribution is 2.32. The van der Waals surface area contributed by atoms with Gasteiger partial charge in [0.25, 0.3) is 0 Å². The van der Waals surface area contributed by atoms with E-state index in [-0.39, 0.29) is 36.5 Å². The Balaban J connectivity index is 1.63. The minimum Gasteiger partial charge on any atom is -0.461 e. The van der Waals surface area contributed by atoms with Gasteiger partial charge < -0.3 is 40.0 Å². The molecule has 1 amide bonds. The molecule has 0 unspecified atom stereocenters. The lowest BCUT2D eigenvalue weighted by Gasteiger charge is -2.44. The van der Waals surface area contributed by atoms with Gasteiger partial charge >= 0.3 is 5.97 Å². The summed E-state index contributed by atoms with van der Waals surface area (Å²) in [6.45, 7) is 4.39. The number of carbonyl (C=O) groups excluding carboxylic acids is 2. The molecule has 0 aromatic heterocycles. The maximum Gasteiger partial charge on any atom is 0.338 e. The number of likely N-dealkylation sites (N-methyl/N-ethyl adjacent to an activating group) is 1. The molecule has 3 rings (SSSR count). The maximum absolute atomic E-state index is 13.3. The number of methoxy groups -OCH3 is 1. The number of nitrogens with one attached hydrogen (secondary N) is 1. The molecule has 0 spiro atoms. The van der Waals surface area contributed by atoms with Gasteiger partial charge in [0, 0.05) is 19.4 Å². The lowest BCUT2D eigenvalue weighted by atomic mass is 9.91. The second-order valence-electron chi connectivity index (χ2n) is 10.6. The van der Waals surface area contributed by atoms with Gasteiger partial charge in [-0.3, -0.25) is 9.69 Å². The Morgan fingerprint density at radius 3 is 2.60 bits per heavy atom. The molecule has 40 heavy (non-hydrogen) atoms. The van der Waals surface area contributed by atoms with Crippen molar-refractivity contribution < 1.29 is 44.2 Å². The number of nitrogens with zero attached hydrogens (tertiary/aromatic N) is 1. The number of likely N-dealkylation sites (tertiary alicyclic amines) is 1. The number of aliphatic hydroxyl groups is 4. The highest BCUT2D eigenvalue weighted by molar-refractivity contribution is 7.99. The van der Waals surface area contributed by atoms with E-state index in [1.807, 2.05) is 11.9 Å². The molecule has 226 valence electrons. The Morgan fingerprint density at radius 2 is 1.93 bits per heavy atom. The van der Waals surface area contributed by atoms with Crippen molar-refractivity contribution in [1.82, 2.24) is 10.2 Å². The van der Waals surface area contributed by atoms with Crippen LogP contribution in [0.1, 0.15) is 49.0 Å². The second-order valence-corrected chi connectivity index (χ2v) is 11.8. The third-order valence-corrected chi connectivity index (χ3v) is 8.91. The molecule has 2 aliphatic heterocycles. The number of ether oxygens (including phenoxy) is 3. The number of hydrogen-bond acceptors (Lipinski definition) is 11. The first-order valence-corrected chi connectivity index (χ1v) is 14.9. The number of hydrogen-bond donors (Lipinski definition) is 5. The molecule has 2 saturated heterocycles. The van der Waals surface area contributed by atoms with Crippen molar-refractivity contribution in [2.75, 3.05) is 33.1 Å². The number of esters is 1. The standard InChI is InChI=1S/C28H44N2O9S/c1-5-8-17-13-20(30(3)14-17)26(35)29-21(16(2)37-4)25-23(33)22(32)24(34)28(39-25)40-12-11-38-27(36)19-10-7-6-9-18(19)15-31/h6-7,9-10,16-17,20-25,28,31-34H,5,8,11-15H2,1-4H3,(H,29,35)/t16-,17-,20+,21-,22+,23-,24-,25-,28-/m1/s1. The lowest BCUT2D eigenvalue weighted by molar-refractivity contribution is -0.212. The topological polar surface area (TPSA) is 158 Å². The van der Waals surface area contributed by atoms with Crippen LogP contribution in [0.3, 0.4) is 0 Å². The molecule has 12 heteroatoms. The zero-order chi connectivity index (χ0) is 29.4. The van der Waals surface area contributed by atoms with Crippen molar-refractivity contribution in [3.05, 3.63) is 35.4 Å².